The van der Waals surface area contributed by atoms with E-state index in [2.05, 4.69) is 6.92 Å². The number of nitrogens with zero attached hydrogens (tertiary/aromatic N) is 2. The summed E-state index contributed by atoms with van der Waals surface area (Å²) in [6.45, 7) is 4.82. The highest BCUT2D eigenvalue weighted by molar-refractivity contribution is 7.91. The summed E-state index contributed by atoms with van der Waals surface area (Å²) in [6.07, 6.45) is 3.55. The molecule has 28 heavy (non-hydrogen) atoms. The molecule has 2 aromatic carbocycles. The lowest BCUT2D eigenvalue weighted by Crippen LogP contribution is -2.30. The largest absolute Gasteiger partial charge is 0.344 e. The first-order valence-corrected chi connectivity index (χ1v) is 11.0. The summed E-state index contributed by atoms with van der Waals surface area (Å²) in [6, 6.07) is 14.1. The number of carbonyl (C=O) groups is 1. The van der Waals surface area contributed by atoms with Crippen molar-refractivity contribution in [2.75, 3.05) is 13.6 Å². The number of carbonyl (C=O) groups excluding carboxylic acids is 1. The summed E-state index contributed by atoms with van der Waals surface area (Å²) in [5.41, 5.74) is 1.74. The van der Waals surface area contributed by atoms with E-state index in [1.165, 1.54) is 0 Å². The molecule has 1 amide bonds. The van der Waals surface area contributed by atoms with Crippen molar-refractivity contribution in [3.63, 3.8) is 0 Å². The summed E-state index contributed by atoms with van der Waals surface area (Å²) < 4.78 is 28.2. The molecule has 0 N–H and O–H groups in total. The van der Waals surface area contributed by atoms with Crippen molar-refractivity contribution in [3.8, 4) is 0 Å². The minimum Gasteiger partial charge on any atom is -0.344 e. The molecule has 0 radical (unpaired) electrons. The maximum atomic E-state index is 13.2. The van der Waals surface area contributed by atoms with Gasteiger partial charge >= 0.3 is 0 Å². The monoisotopic (exact) mass is 398 g/mol. The highest BCUT2D eigenvalue weighted by atomic mass is 32.2. The molecule has 0 unspecified atom stereocenters. The third kappa shape index (κ3) is 3.97. The summed E-state index contributed by atoms with van der Waals surface area (Å²) in [4.78, 5) is 14.8. The molecule has 3 rings (SSSR count). The van der Waals surface area contributed by atoms with Crippen molar-refractivity contribution < 1.29 is 13.2 Å². The Balaban J connectivity index is 2.01. The lowest BCUT2D eigenvalue weighted by atomic mass is 10.2. The Bertz CT molecular complexity index is 1080. The van der Waals surface area contributed by atoms with Crippen LogP contribution in [-0.4, -0.2) is 37.4 Å². The van der Waals surface area contributed by atoms with E-state index < -0.39 is 9.84 Å². The molecule has 1 heterocycles. The number of rotatable bonds is 7. The number of aromatic nitrogens is 1. The van der Waals surface area contributed by atoms with Crippen LogP contribution < -0.4 is 0 Å². The fraction of sp³-hybridized carbons (Fsp3) is 0.318. The zero-order valence-corrected chi connectivity index (χ0v) is 17.4. The predicted octanol–water partition coefficient (Wildman–Crippen LogP) is 4.04. The van der Waals surface area contributed by atoms with Crippen LogP contribution in [0, 0.1) is 6.92 Å². The number of fused-ring (bicyclic) bond motifs is 1. The normalized spacial score (nSPS) is 11.7. The maximum absolute atomic E-state index is 13.2. The number of sulfone groups is 1. The molecule has 0 saturated heterocycles. The van der Waals surface area contributed by atoms with Crippen molar-refractivity contribution in [1.29, 1.82) is 0 Å². The first kappa shape index (κ1) is 20.1. The lowest BCUT2D eigenvalue weighted by Gasteiger charge is -2.17. The topological polar surface area (TPSA) is 59.4 Å². The second-order valence-electron chi connectivity index (χ2n) is 7.12. The molecular weight excluding hydrogens is 372 g/mol. The van der Waals surface area contributed by atoms with Crippen LogP contribution in [0.5, 0.6) is 0 Å². The minimum atomic E-state index is -3.68. The zero-order valence-electron chi connectivity index (χ0n) is 16.6. The van der Waals surface area contributed by atoms with E-state index in [4.69, 9.17) is 0 Å². The van der Waals surface area contributed by atoms with Crippen LogP contribution in [0.1, 0.15) is 25.3 Å². The molecule has 0 aliphatic carbocycles. The van der Waals surface area contributed by atoms with Gasteiger partial charge in [0.15, 0.2) is 0 Å². The number of unbranched alkanes of at least 4 members (excludes halogenated alkanes) is 1. The molecule has 0 aliphatic rings. The predicted molar refractivity (Wildman–Crippen MR) is 111 cm³/mol. The van der Waals surface area contributed by atoms with Crippen LogP contribution in [0.25, 0.3) is 10.9 Å². The van der Waals surface area contributed by atoms with Gasteiger partial charge in [-0.25, -0.2) is 8.42 Å². The Labute approximate surface area is 166 Å². The van der Waals surface area contributed by atoms with E-state index in [-0.39, 0.29) is 22.2 Å². The Morgan fingerprint density at radius 1 is 1.07 bits per heavy atom. The molecule has 5 nitrogen and oxygen atoms in total. The molecule has 0 atom stereocenters. The number of para-hydroxylation sites is 1. The maximum Gasteiger partial charge on any atom is 0.242 e. The van der Waals surface area contributed by atoms with Crippen LogP contribution >= 0.6 is 0 Å². The molecule has 0 fully saturated rings. The van der Waals surface area contributed by atoms with Gasteiger partial charge in [-0.2, -0.15) is 0 Å². The molecule has 0 saturated carbocycles. The third-order valence-electron chi connectivity index (χ3n) is 4.95. The van der Waals surface area contributed by atoms with Crippen molar-refractivity contribution >= 4 is 26.6 Å². The zero-order chi connectivity index (χ0) is 20.3. The fourth-order valence-corrected chi connectivity index (χ4v) is 4.67. The van der Waals surface area contributed by atoms with Crippen molar-refractivity contribution in [3.05, 3.63) is 60.3 Å². The van der Waals surface area contributed by atoms with Crippen LogP contribution in [0.2, 0.25) is 0 Å². The number of hydrogen-bond acceptors (Lipinski definition) is 3. The number of likely N-dealkylation sites (N-methyl/N-ethyl adjacent to an activating group) is 1. The molecule has 148 valence electrons. The summed E-state index contributed by atoms with van der Waals surface area (Å²) >= 11 is 0. The first-order valence-electron chi connectivity index (χ1n) is 9.48. The molecule has 0 aliphatic heterocycles. The SMILES string of the molecule is CCCCN(C)C(=O)Cn1cc(S(=O)(=O)c2ccc(C)cc2)c2ccccc21. The summed E-state index contributed by atoms with van der Waals surface area (Å²) in [7, 11) is -1.89. The van der Waals surface area contributed by atoms with E-state index in [1.807, 2.05) is 25.1 Å². The summed E-state index contributed by atoms with van der Waals surface area (Å²) in [5.74, 6) is -0.0338. The Kier molecular flexibility index (Phi) is 5.89. The lowest BCUT2D eigenvalue weighted by molar-refractivity contribution is -0.130. The quantitative estimate of drug-likeness (QED) is 0.603. The third-order valence-corrected chi connectivity index (χ3v) is 6.75. The van der Waals surface area contributed by atoms with Gasteiger partial charge in [0.05, 0.1) is 9.79 Å². The van der Waals surface area contributed by atoms with E-state index in [1.54, 1.807) is 53.0 Å². The van der Waals surface area contributed by atoms with Gasteiger partial charge in [-0.05, 0) is 31.5 Å². The average Bonchev–Trinajstić information content (AvgIpc) is 3.06. The Morgan fingerprint density at radius 2 is 1.75 bits per heavy atom. The minimum absolute atomic E-state index is 0.0338. The highest BCUT2D eigenvalue weighted by Crippen LogP contribution is 2.30. The first-order chi connectivity index (χ1) is 13.3. The molecule has 0 spiro atoms. The fourth-order valence-electron chi connectivity index (χ4n) is 3.19. The van der Waals surface area contributed by atoms with Crippen molar-refractivity contribution in [2.24, 2.45) is 0 Å². The van der Waals surface area contributed by atoms with Crippen LogP contribution in [-0.2, 0) is 21.2 Å². The van der Waals surface area contributed by atoms with Crippen LogP contribution in [0.15, 0.2) is 64.5 Å². The van der Waals surface area contributed by atoms with Gasteiger partial charge in [-0.15, -0.1) is 0 Å². The average molecular weight is 399 g/mol. The number of amides is 1. The van der Waals surface area contributed by atoms with Gasteiger partial charge in [0.2, 0.25) is 15.7 Å². The van der Waals surface area contributed by atoms with E-state index in [0.717, 1.165) is 23.9 Å². The second-order valence-corrected chi connectivity index (χ2v) is 9.04. The van der Waals surface area contributed by atoms with Gasteiger partial charge in [-0.1, -0.05) is 49.2 Å². The number of benzene rings is 2. The Morgan fingerprint density at radius 3 is 2.43 bits per heavy atom. The van der Waals surface area contributed by atoms with E-state index in [0.29, 0.717) is 11.9 Å². The van der Waals surface area contributed by atoms with Gasteiger partial charge in [0.25, 0.3) is 0 Å². The van der Waals surface area contributed by atoms with E-state index >= 15 is 0 Å². The van der Waals surface area contributed by atoms with Crippen LogP contribution in [0.3, 0.4) is 0 Å². The smallest absolute Gasteiger partial charge is 0.242 e. The van der Waals surface area contributed by atoms with Crippen molar-refractivity contribution in [1.82, 2.24) is 9.47 Å². The molecule has 0 bridgehead atoms. The van der Waals surface area contributed by atoms with Crippen LogP contribution in [0.4, 0.5) is 0 Å². The van der Waals surface area contributed by atoms with Gasteiger partial charge in [0.1, 0.15) is 6.54 Å². The molecule has 6 heteroatoms. The van der Waals surface area contributed by atoms with Crippen molar-refractivity contribution in [2.45, 2.75) is 43.0 Å². The van der Waals surface area contributed by atoms with Gasteiger partial charge in [-0.3, -0.25) is 4.79 Å². The number of hydrogen-bond donors (Lipinski definition) is 0. The van der Waals surface area contributed by atoms with Gasteiger partial charge in [0, 0.05) is 30.7 Å². The molecule has 3 aromatic rings. The Hall–Kier alpha value is -2.60. The van der Waals surface area contributed by atoms with Gasteiger partial charge < -0.3 is 9.47 Å². The molecule has 1 aromatic heterocycles. The van der Waals surface area contributed by atoms with E-state index in [9.17, 15) is 13.2 Å². The second kappa shape index (κ2) is 8.19. The standard InChI is InChI=1S/C22H26N2O3S/c1-4-5-14-23(3)22(25)16-24-15-21(19-8-6-7-9-20(19)24)28(26,27)18-12-10-17(2)11-13-18/h6-13,15H,4-5,14,16H2,1-3H3. The summed E-state index contributed by atoms with van der Waals surface area (Å²) in [5, 5.41) is 0.632. The highest BCUT2D eigenvalue weighted by Gasteiger charge is 2.24. The molecular formula is C22H26N2O3S. The number of aryl methyl sites for hydroxylation is 1.